The second-order valence-electron chi connectivity index (χ2n) is 7.28. The van der Waals surface area contributed by atoms with Crippen molar-refractivity contribution in [3.63, 3.8) is 0 Å². The largest absolute Gasteiger partial charge is 0.364 e. The molecular formula is C18H25N5O2. The first-order valence-electron chi connectivity index (χ1n) is 9.14. The number of nitrogens with zero attached hydrogens (tertiary/aromatic N) is 4. The maximum absolute atomic E-state index is 11.6. The predicted octanol–water partition coefficient (Wildman–Crippen LogP) is 2.11. The number of hydrogen-bond donors (Lipinski definition) is 1. The summed E-state index contributed by atoms with van der Waals surface area (Å²) in [5, 5.41) is 8.59. The van der Waals surface area contributed by atoms with Crippen molar-refractivity contribution in [3.8, 4) is 0 Å². The Labute approximate surface area is 147 Å². The molecule has 1 saturated carbocycles. The van der Waals surface area contributed by atoms with Crippen molar-refractivity contribution in [1.29, 1.82) is 0 Å². The number of amides is 1. The zero-order valence-electron chi connectivity index (χ0n) is 14.7. The lowest BCUT2D eigenvalue weighted by Crippen LogP contribution is -2.31. The van der Waals surface area contributed by atoms with Crippen LogP contribution in [0.25, 0.3) is 0 Å². The van der Waals surface area contributed by atoms with E-state index in [-0.39, 0.29) is 0 Å². The van der Waals surface area contributed by atoms with Gasteiger partial charge in [-0.3, -0.25) is 14.4 Å². The highest BCUT2D eigenvalue weighted by atomic mass is 16.5. The van der Waals surface area contributed by atoms with Crippen molar-refractivity contribution in [3.05, 3.63) is 34.5 Å². The predicted molar refractivity (Wildman–Crippen MR) is 91.9 cm³/mol. The third-order valence-electron chi connectivity index (χ3n) is 5.53. The van der Waals surface area contributed by atoms with Gasteiger partial charge in [0.1, 0.15) is 0 Å². The second kappa shape index (κ2) is 6.63. The molecule has 1 fully saturated rings. The molecule has 1 aliphatic heterocycles. The molecule has 0 aromatic carbocycles. The van der Waals surface area contributed by atoms with Crippen molar-refractivity contribution in [1.82, 2.24) is 19.8 Å². The van der Waals surface area contributed by atoms with Crippen LogP contribution < -0.4 is 5.73 Å². The highest BCUT2D eigenvalue weighted by Crippen LogP contribution is 2.32. The Morgan fingerprint density at radius 1 is 1.36 bits per heavy atom. The number of aromatic nitrogens is 3. The first-order valence-corrected chi connectivity index (χ1v) is 9.14. The first-order chi connectivity index (χ1) is 12.1. The van der Waals surface area contributed by atoms with E-state index in [4.69, 9.17) is 10.3 Å². The molecule has 25 heavy (non-hydrogen) atoms. The minimum absolute atomic E-state index is 0.391. The minimum atomic E-state index is -0.460. The van der Waals surface area contributed by atoms with Gasteiger partial charge in [0.05, 0.1) is 12.2 Å². The Hall–Kier alpha value is -2.15. The quantitative estimate of drug-likeness (QED) is 0.918. The maximum atomic E-state index is 11.6. The van der Waals surface area contributed by atoms with Crippen LogP contribution >= 0.6 is 0 Å². The van der Waals surface area contributed by atoms with Crippen LogP contribution in [0, 0.1) is 0 Å². The molecular weight excluding hydrogens is 318 g/mol. The Morgan fingerprint density at radius 2 is 2.16 bits per heavy atom. The molecule has 4 rings (SSSR count). The lowest BCUT2D eigenvalue weighted by molar-refractivity contribution is 0.0992. The van der Waals surface area contributed by atoms with Crippen LogP contribution in [0.15, 0.2) is 10.6 Å². The third-order valence-corrected chi connectivity index (χ3v) is 5.53. The summed E-state index contributed by atoms with van der Waals surface area (Å²) in [6, 6.07) is 2.11. The second-order valence-corrected chi connectivity index (χ2v) is 7.28. The SMILES string of the molecule is Cn1nc(C(N)=O)c2c1CCN(Cc1cc(C3CCCCC3)no1)C2. The van der Waals surface area contributed by atoms with Crippen molar-refractivity contribution in [2.75, 3.05) is 6.54 Å². The number of hydrogen-bond acceptors (Lipinski definition) is 5. The van der Waals surface area contributed by atoms with Gasteiger partial charge in [-0.05, 0) is 12.8 Å². The molecule has 2 N–H and O–H groups in total. The van der Waals surface area contributed by atoms with E-state index in [1.165, 1.54) is 32.1 Å². The minimum Gasteiger partial charge on any atom is -0.364 e. The molecule has 0 atom stereocenters. The molecule has 134 valence electrons. The van der Waals surface area contributed by atoms with Gasteiger partial charge in [0.15, 0.2) is 11.5 Å². The summed E-state index contributed by atoms with van der Waals surface area (Å²) >= 11 is 0. The average molecular weight is 343 g/mol. The van der Waals surface area contributed by atoms with Gasteiger partial charge in [0.25, 0.3) is 5.91 Å². The fourth-order valence-corrected chi connectivity index (χ4v) is 4.20. The zero-order valence-corrected chi connectivity index (χ0v) is 14.7. The number of rotatable bonds is 4. The van der Waals surface area contributed by atoms with Crippen LogP contribution in [-0.4, -0.2) is 32.3 Å². The summed E-state index contributed by atoms with van der Waals surface area (Å²) in [5.41, 5.74) is 9.02. The van der Waals surface area contributed by atoms with Crippen LogP contribution in [0.4, 0.5) is 0 Å². The summed E-state index contributed by atoms with van der Waals surface area (Å²) in [6.45, 7) is 2.28. The van der Waals surface area contributed by atoms with Crippen molar-refractivity contribution < 1.29 is 9.32 Å². The number of primary amides is 1. The Kier molecular flexibility index (Phi) is 4.33. The third kappa shape index (κ3) is 3.20. The van der Waals surface area contributed by atoms with E-state index >= 15 is 0 Å². The summed E-state index contributed by atoms with van der Waals surface area (Å²) < 4.78 is 7.37. The molecule has 2 aromatic rings. The monoisotopic (exact) mass is 343 g/mol. The molecule has 1 aliphatic carbocycles. The molecule has 1 amide bonds. The molecule has 0 radical (unpaired) electrons. The summed E-state index contributed by atoms with van der Waals surface area (Å²) in [4.78, 5) is 13.9. The summed E-state index contributed by atoms with van der Waals surface area (Å²) in [5.74, 6) is 0.991. The van der Waals surface area contributed by atoms with E-state index in [0.29, 0.717) is 24.7 Å². The Morgan fingerprint density at radius 3 is 2.92 bits per heavy atom. The molecule has 0 saturated heterocycles. The maximum Gasteiger partial charge on any atom is 0.269 e. The number of aryl methyl sites for hydroxylation is 1. The molecule has 0 unspecified atom stereocenters. The number of carbonyl (C=O) groups is 1. The van der Waals surface area contributed by atoms with Crippen LogP contribution in [0.2, 0.25) is 0 Å². The van der Waals surface area contributed by atoms with Crippen LogP contribution in [0.1, 0.15) is 71.2 Å². The van der Waals surface area contributed by atoms with E-state index in [2.05, 4.69) is 21.2 Å². The normalized spacial score (nSPS) is 19.1. The van der Waals surface area contributed by atoms with Gasteiger partial charge in [0, 0.05) is 49.8 Å². The Bertz CT molecular complexity index is 773. The fourth-order valence-electron chi connectivity index (χ4n) is 4.20. The standard InChI is InChI=1S/C18H25N5O2/c1-22-16-7-8-23(11-14(16)17(20-22)18(19)24)10-13-9-15(21-25-13)12-5-3-2-4-6-12/h9,12H,2-8,10-11H2,1H3,(H2,19,24). The first kappa shape index (κ1) is 16.3. The van der Waals surface area contributed by atoms with Gasteiger partial charge in [0.2, 0.25) is 0 Å². The molecule has 0 spiro atoms. The van der Waals surface area contributed by atoms with Crippen LogP contribution in [0.5, 0.6) is 0 Å². The van der Waals surface area contributed by atoms with Crippen LogP contribution in [-0.2, 0) is 26.6 Å². The van der Waals surface area contributed by atoms with Gasteiger partial charge >= 0.3 is 0 Å². The molecule has 3 heterocycles. The molecule has 7 nitrogen and oxygen atoms in total. The van der Waals surface area contributed by atoms with Crippen molar-refractivity contribution >= 4 is 5.91 Å². The molecule has 2 aliphatic rings. The number of nitrogens with two attached hydrogens (primary N) is 1. The molecule has 0 bridgehead atoms. The van der Waals surface area contributed by atoms with E-state index in [1.54, 1.807) is 4.68 Å². The van der Waals surface area contributed by atoms with Gasteiger partial charge < -0.3 is 10.3 Å². The zero-order chi connectivity index (χ0) is 17.4. The summed E-state index contributed by atoms with van der Waals surface area (Å²) in [6.07, 6.45) is 7.21. The van der Waals surface area contributed by atoms with E-state index in [1.807, 2.05) is 7.05 Å². The number of carbonyl (C=O) groups excluding carboxylic acids is 1. The van der Waals surface area contributed by atoms with Crippen molar-refractivity contribution in [2.45, 2.75) is 57.5 Å². The lowest BCUT2D eigenvalue weighted by atomic mass is 9.87. The van der Waals surface area contributed by atoms with Crippen molar-refractivity contribution in [2.24, 2.45) is 12.8 Å². The van der Waals surface area contributed by atoms with Crippen LogP contribution in [0.3, 0.4) is 0 Å². The highest BCUT2D eigenvalue weighted by Gasteiger charge is 2.27. The van der Waals surface area contributed by atoms with E-state index in [0.717, 1.165) is 35.7 Å². The van der Waals surface area contributed by atoms with Gasteiger partial charge in [-0.15, -0.1) is 0 Å². The fraction of sp³-hybridized carbons (Fsp3) is 0.611. The highest BCUT2D eigenvalue weighted by molar-refractivity contribution is 5.92. The molecule has 7 heteroatoms. The van der Waals surface area contributed by atoms with E-state index < -0.39 is 5.91 Å². The topological polar surface area (TPSA) is 90.2 Å². The smallest absolute Gasteiger partial charge is 0.269 e. The lowest BCUT2D eigenvalue weighted by Gasteiger charge is -2.26. The Balaban J connectivity index is 1.46. The van der Waals surface area contributed by atoms with Gasteiger partial charge in [-0.1, -0.05) is 24.4 Å². The average Bonchev–Trinajstić information content (AvgIpc) is 3.21. The van der Waals surface area contributed by atoms with Gasteiger partial charge in [-0.2, -0.15) is 5.10 Å². The van der Waals surface area contributed by atoms with E-state index in [9.17, 15) is 4.79 Å². The van der Waals surface area contributed by atoms with Gasteiger partial charge in [-0.25, -0.2) is 0 Å². The number of fused-ring (bicyclic) bond motifs is 1. The molecule has 2 aromatic heterocycles. The summed E-state index contributed by atoms with van der Waals surface area (Å²) in [7, 11) is 1.87.